The summed E-state index contributed by atoms with van der Waals surface area (Å²) in [5.41, 5.74) is 2.92. The highest BCUT2D eigenvalue weighted by atomic mass is 16.5. The van der Waals surface area contributed by atoms with Crippen molar-refractivity contribution in [2.45, 2.75) is 0 Å². The van der Waals surface area contributed by atoms with Crippen molar-refractivity contribution >= 4 is 17.6 Å². The van der Waals surface area contributed by atoms with E-state index < -0.39 is 11.9 Å². The van der Waals surface area contributed by atoms with Crippen LogP contribution in [-0.2, 0) is 0 Å². The Morgan fingerprint density at radius 3 is 1.78 bits per heavy atom. The number of methoxy groups -OCH3 is 3. The Morgan fingerprint density at radius 2 is 1.22 bits per heavy atom. The first kappa shape index (κ1) is 25.1. The highest BCUT2D eigenvalue weighted by Crippen LogP contribution is 2.35. The van der Waals surface area contributed by atoms with Crippen molar-refractivity contribution in [3.05, 3.63) is 96.1 Å². The smallest absolute Gasteiger partial charge is 0.343 e. The lowest BCUT2D eigenvalue weighted by atomic mass is 10.1. The molecule has 188 valence electrons. The molecule has 8 nitrogen and oxygen atoms in total. The number of anilines is 1. The van der Waals surface area contributed by atoms with Crippen LogP contribution in [0.3, 0.4) is 0 Å². The van der Waals surface area contributed by atoms with Gasteiger partial charge in [-0.15, -0.1) is 0 Å². The summed E-state index contributed by atoms with van der Waals surface area (Å²) < 4.78 is 21.3. The molecule has 0 aliphatic carbocycles. The van der Waals surface area contributed by atoms with E-state index in [0.717, 1.165) is 11.1 Å². The van der Waals surface area contributed by atoms with E-state index in [0.29, 0.717) is 34.2 Å². The average Bonchev–Trinajstić information content (AvgIpc) is 2.93. The topological polar surface area (TPSA) is 103 Å². The molecule has 4 aromatic rings. The van der Waals surface area contributed by atoms with Crippen molar-refractivity contribution in [2.75, 3.05) is 26.6 Å². The van der Waals surface area contributed by atoms with E-state index in [2.05, 4.69) is 5.32 Å². The molecule has 4 aromatic carbocycles. The minimum Gasteiger partial charge on any atom is -0.508 e. The molecule has 0 aromatic heterocycles. The van der Waals surface area contributed by atoms with Gasteiger partial charge < -0.3 is 29.4 Å². The zero-order chi connectivity index (χ0) is 26.4. The fraction of sp³-hybridized carbons (Fsp3) is 0.103. The number of hydrogen-bond acceptors (Lipinski definition) is 7. The Morgan fingerprint density at radius 1 is 0.676 bits per heavy atom. The molecule has 0 aliphatic rings. The number of phenols is 1. The zero-order valence-corrected chi connectivity index (χ0v) is 20.5. The first-order chi connectivity index (χ1) is 17.9. The molecule has 0 spiro atoms. The second-order valence-electron chi connectivity index (χ2n) is 7.90. The molecule has 0 saturated heterocycles. The maximum atomic E-state index is 12.9. The van der Waals surface area contributed by atoms with Crippen LogP contribution >= 0.6 is 0 Å². The molecule has 0 radical (unpaired) electrons. The van der Waals surface area contributed by atoms with Crippen molar-refractivity contribution in [1.82, 2.24) is 0 Å². The second kappa shape index (κ2) is 11.2. The molecule has 0 unspecified atom stereocenters. The van der Waals surface area contributed by atoms with E-state index in [1.54, 1.807) is 66.7 Å². The number of carbonyl (C=O) groups is 2. The van der Waals surface area contributed by atoms with Gasteiger partial charge in [-0.2, -0.15) is 0 Å². The molecule has 37 heavy (non-hydrogen) atoms. The number of rotatable bonds is 8. The first-order valence-corrected chi connectivity index (χ1v) is 11.2. The van der Waals surface area contributed by atoms with Gasteiger partial charge >= 0.3 is 5.97 Å². The molecular weight excluding hydrogens is 474 g/mol. The molecule has 0 heterocycles. The molecule has 8 heteroatoms. The summed E-state index contributed by atoms with van der Waals surface area (Å²) in [6, 6.07) is 23.3. The summed E-state index contributed by atoms with van der Waals surface area (Å²) in [5, 5.41) is 12.2. The second-order valence-corrected chi connectivity index (χ2v) is 7.90. The SMILES string of the molecule is COc1cc(OC)c(C(=O)Nc2ccc(C(=O)Oc3ccc(-c4ccc(O)cc4)cc3)cc2)cc1OC. The molecule has 0 saturated carbocycles. The molecule has 0 fully saturated rings. The summed E-state index contributed by atoms with van der Waals surface area (Å²) in [6.45, 7) is 0. The van der Waals surface area contributed by atoms with E-state index >= 15 is 0 Å². The number of aromatic hydroxyl groups is 1. The van der Waals surface area contributed by atoms with Crippen molar-refractivity contribution < 1.29 is 33.6 Å². The van der Waals surface area contributed by atoms with Gasteiger partial charge in [0.2, 0.25) is 0 Å². The quantitative estimate of drug-likeness (QED) is 0.242. The molecule has 1 amide bonds. The maximum Gasteiger partial charge on any atom is 0.343 e. The summed E-state index contributed by atoms with van der Waals surface area (Å²) in [6.07, 6.45) is 0. The number of nitrogens with one attached hydrogen (secondary N) is 1. The normalized spacial score (nSPS) is 10.4. The third kappa shape index (κ3) is 5.82. The number of ether oxygens (including phenoxy) is 4. The molecule has 0 atom stereocenters. The van der Waals surface area contributed by atoms with Crippen LogP contribution in [0.15, 0.2) is 84.9 Å². The number of benzene rings is 4. The van der Waals surface area contributed by atoms with Crippen molar-refractivity contribution in [2.24, 2.45) is 0 Å². The third-order valence-electron chi connectivity index (χ3n) is 5.59. The standard InChI is InChI=1S/C29H25NO7/c1-34-25-17-27(36-3)26(35-2)16-24(25)28(32)30-21-10-4-20(5-11-21)29(33)37-23-14-8-19(9-15-23)18-6-12-22(31)13-7-18/h4-17,31H,1-3H3,(H,30,32). The van der Waals surface area contributed by atoms with Crippen LogP contribution in [0.4, 0.5) is 5.69 Å². The largest absolute Gasteiger partial charge is 0.508 e. The predicted octanol–water partition coefficient (Wildman–Crippen LogP) is 5.56. The number of amides is 1. The Balaban J connectivity index is 1.41. The van der Waals surface area contributed by atoms with E-state index in [1.807, 2.05) is 12.1 Å². The highest BCUT2D eigenvalue weighted by molar-refractivity contribution is 6.07. The van der Waals surface area contributed by atoms with Crippen LogP contribution < -0.4 is 24.3 Å². The molecular formula is C29H25NO7. The van der Waals surface area contributed by atoms with Crippen LogP contribution in [-0.4, -0.2) is 38.3 Å². The van der Waals surface area contributed by atoms with Gasteiger partial charge in [-0.05, 0) is 59.7 Å². The number of phenolic OH excluding ortho intramolecular Hbond substituents is 1. The third-order valence-corrected chi connectivity index (χ3v) is 5.59. The Bertz CT molecular complexity index is 1400. The van der Waals surface area contributed by atoms with Crippen molar-refractivity contribution in [3.8, 4) is 39.9 Å². The van der Waals surface area contributed by atoms with Gasteiger partial charge in [0.15, 0.2) is 11.5 Å². The van der Waals surface area contributed by atoms with Crippen LogP contribution in [0.1, 0.15) is 20.7 Å². The average molecular weight is 500 g/mol. The molecule has 0 bridgehead atoms. The van der Waals surface area contributed by atoms with Crippen LogP contribution in [0, 0.1) is 0 Å². The van der Waals surface area contributed by atoms with Gasteiger partial charge in [0.25, 0.3) is 5.91 Å². The highest BCUT2D eigenvalue weighted by Gasteiger charge is 2.18. The fourth-order valence-corrected chi connectivity index (χ4v) is 3.63. The lowest BCUT2D eigenvalue weighted by molar-refractivity contribution is 0.0734. The van der Waals surface area contributed by atoms with E-state index in [-0.39, 0.29) is 11.3 Å². The summed E-state index contributed by atoms with van der Waals surface area (Å²) in [5.74, 6) is 0.799. The van der Waals surface area contributed by atoms with Gasteiger partial charge in [-0.1, -0.05) is 24.3 Å². The lowest BCUT2D eigenvalue weighted by Crippen LogP contribution is -2.14. The first-order valence-electron chi connectivity index (χ1n) is 11.2. The van der Waals surface area contributed by atoms with Crippen molar-refractivity contribution in [3.63, 3.8) is 0 Å². The van der Waals surface area contributed by atoms with E-state index in [9.17, 15) is 14.7 Å². The minimum absolute atomic E-state index is 0.195. The van der Waals surface area contributed by atoms with Gasteiger partial charge in [0.05, 0.1) is 32.5 Å². The van der Waals surface area contributed by atoms with Gasteiger partial charge in [-0.25, -0.2) is 4.79 Å². The Labute approximate surface area is 214 Å². The molecule has 0 aliphatic heterocycles. The summed E-state index contributed by atoms with van der Waals surface area (Å²) in [7, 11) is 4.43. The maximum absolute atomic E-state index is 12.9. The number of carbonyl (C=O) groups excluding carboxylic acids is 2. The van der Waals surface area contributed by atoms with E-state index in [1.165, 1.54) is 27.4 Å². The summed E-state index contributed by atoms with van der Waals surface area (Å²) in [4.78, 5) is 25.5. The van der Waals surface area contributed by atoms with Gasteiger partial charge in [-0.3, -0.25) is 4.79 Å². The Hall–Kier alpha value is -4.98. The Kier molecular flexibility index (Phi) is 7.59. The number of esters is 1. The van der Waals surface area contributed by atoms with E-state index in [4.69, 9.17) is 18.9 Å². The van der Waals surface area contributed by atoms with Crippen molar-refractivity contribution in [1.29, 1.82) is 0 Å². The van der Waals surface area contributed by atoms with Gasteiger partial charge in [0.1, 0.15) is 17.2 Å². The number of hydrogen-bond donors (Lipinski definition) is 2. The minimum atomic E-state index is -0.531. The monoisotopic (exact) mass is 499 g/mol. The lowest BCUT2D eigenvalue weighted by Gasteiger charge is -2.14. The molecule has 4 rings (SSSR count). The van der Waals surface area contributed by atoms with Crippen LogP contribution in [0.5, 0.6) is 28.7 Å². The van der Waals surface area contributed by atoms with Crippen LogP contribution in [0.25, 0.3) is 11.1 Å². The molecule has 2 N–H and O–H groups in total. The zero-order valence-electron chi connectivity index (χ0n) is 20.5. The van der Waals surface area contributed by atoms with Crippen LogP contribution in [0.2, 0.25) is 0 Å². The summed E-state index contributed by atoms with van der Waals surface area (Å²) >= 11 is 0. The predicted molar refractivity (Wildman–Crippen MR) is 139 cm³/mol. The fourth-order valence-electron chi connectivity index (χ4n) is 3.63. The van der Waals surface area contributed by atoms with Gasteiger partial charge in [0, 0.05) is 17.8 Å².